The number of hydrogen-bond acceptors (Lipinski definition) is 4. The fraction of sp³-hybridized carbons (Fsp3) is 0.154. The summed E-state index contributed by atoms with van der Waals surface area (Å²) in [5.41, 5.74) is 4.42. The van der Waals surface area contributed by atoms with Gasteiger partial charge in [0, 0.05) is 28.5 Å². The average molecular weight is 462 g/mol. The topological polar surface area (TPSA) is 65.4 Å². The number of anilines is 1. The number of rotatable bonds is 7. The summed E-state index contributed by atoms with van der Waals surface area (Å²) in [6, 6.07) is 20.8. The lowest BCUT2D eigenvalue weighted by Gasteiger charge is -2.13. The van der Waals surface area contributed by atoms with Crippen molar-refractivity contribution in [3.63, 3.8) is 0 Å². The molecule has 6 nitrogen and oxygen atoms in total. The van der Waals surface area contributed by atoms with E-state index in [2.05, 4.69) is 5.32 Å². The summed E-state index contributed by atoms with van der Waals surface area (Å²) >= 11 is 6.07. The van der Waals surface area contributed by atoms with Gasteiger partial charge in [-0.2, -0.15) is 5.10 Å². The first-order valence-corrected chi connectivity index (χ1v) is 10.8. The molecule has 4 rings (SSSR count). The number of benzene rings is 3. The van der Waals surface area contributed by atoms with Crippen molar-refractivity contribution in [1.29, 1.82) is 0 Å². The Morgan fingerprint density at radius 3 is 2.33 bits per heavy atom. The van der Waals surface area contributed by atoms with Crippen molar-refractivity contribution in [2.75, 3.05) is 19.5 Å². The maximum absolute atomic E-state index is 13.4. The standard InChI is InChI=1S/C26H24ClN3O3/c1-17-13-23(32-2)24(33-3)14-22(17)28-26(31)21-16-30(15-18-7-5-4-6-8-18)29-25(21)19-9-11-20(27)12-10-19/h4-14,16H,15H2,1-3H3,(H,28,31). The van der Waals surface area contributed by atoms with Gasteiger partial charge in [0.2, 0.25) is 0 Å². The van der Waals surface area contributed by atoms with Gasteiger partial charge >= 0.3 is 0 Å². The lowest BCUT2D eigenvalue weighted by Crippen LogP contribution is -2.13. The van der Waals surface area contributed by atoms with Gasteiger partial charge in [-0.1, -0.05) is 54.1 Å². The second-order valence-corrected chi connectivity index (χ2v) is 7.99. The van der Waals surface area contributed by atoms with Gasteiger partial charge in [-0.25, -0.2) is 0 Å². The number of carbonyl (C=O) groups is 1. The number of halogens is 1. The van der Waals surface area contributed by atoms with Gasteiger partial charge in [-0.3, -0.25) is 9.48 Å². The highest BCUT2D eigenvalue weighted by Gasteiger charge is 2.20. The largest absolute Gasteiger partial charge is 0.493 e. The number of nitrogens with one attached hydrogen (secondary N) is 1. The third kappa shape index (κ3) is 5.02. The van der Waals surface area contributed by atoms with Crippen LogP contribution >= 0.6 is 11.6 Å². The monoisotopic (exact) mass is 461 g/mol. The van der Waals surface area contributed by atoms with Gasteiger partial charge in [0.1, 0.15) is 5.69 Å². The predicted molar refractivity (Wildman–Crippen MR) is 130 cm³/mol. The molecule has 0 aliphatic carbocycles. The Bertz CT molecular complexity index is 1270. The second-order valence-electron chi connectivity index (χ2n) is 7.56. The summed E-state index contributed by atoms with van der Waals surface area (Å²) in [6.45, 7) is 2.45. The van der Waals surface area contributed by atoms with Gasteiger partial charge in [0.15, 0.2) is 11.5 Å². The van der Waals surface area contributed by atoms with Crippen LogP contribution in [0, 0.1) is 6.92 Å². The summed E-state index contributed by atoms with van der Waals surface area (Å²) in [5, 5.41) is 8.34. The Morgan fingerprint density at radius 1 is 1.00 bits per heavy atom. The van der Waals surface area contributed by atoms with E-state index in [-0.39, 0.29) is 5.91 Å². The first-order valence-electron chi connectivity index (χ1n) is 10.4. The number of methoxy groups -OCH3 is 2. The molecule has 0 radical (unpaired) electrons. The van der Waals surface area contributed by atoms with Crippen molar-refractivity contribution < 1.29 is 14.3 Å². The molecule has 0 unspecified atom stereocenters. The predicted octanol–water partition coefficient (Wildman–Crippen LogP) is 5.83. The van der Waals surface area contributed by atoms with Gasteiger partial charge < -0.3 is 14.8 Å². The van der Waals surface area contributed by atoms with Gasteiger partial charge in [0.05, 0.1) is 26.3 Å². The maximum atomic E-state index is 13.4. The molecule has 3 aromatic carbocycles. The SMILES string of the molecule is COc1cc(C)c(NC(=O)c2cn(Cc3ccccc3)nc2-c2ccc(Cl)cc2)cc1OC. The fourth-order valence-electron chi connectivity index (χ4n) is 3.56. The zero-order valence-corrected chi connectivity index (χ0v) is 19.4. The minimum atomic E-state index is -0.269. The first-order chi connectivity index (χ1) is 16.0. The highest BCUT2D eigenvalue weighted by atomic mass is 35.5. The van der Waals surface area contributed by atoms with Crippen LogP contribution in [0.2, 0.25) is 5.02 Å². The van der Waals surface area contributed by atoms with E-state index in [1.807, 2.05) is 55.5 Å². The molecule has 0 spiro atoms. The summed E-state index contributed by atoms with van der Waals surface area (Å²) in [5.74, 6) is 0.871. The number of aryl methyl sites for hydroxylation is 1. The minimum absolute atomic E-state index is 0.269. The van der Waals surface area contributed by atoms with Crippen molar-refractivity contribution in [3.05, 3.63) is 94.6 Å². The molecule has 1 N–H and O–H groups in total. The van der Waals surface area contributed by atoms with Crippen LogP contribution in [0.5, 0.6) is 11.5 Å². The number of carbonyl (C=O) groups excluding carboxylic acids is 1. The van der Waals surface area contributed by atoms with Crippen LogP contribution in [-0.4, -0.2) is 29.9 Å². The molecule has 0 saturated heterocycles. The number of hydrogen-bond donors (Lipinski definition) is 1. The quantitative estimate of drug-likeness (QED) is 0.376. The molecule has 0 fully saturated rings. The lowest BCUT2D eigenvalue weighted by atomic mass is 10.1. The number of ether oxygens (including phenoxy) is 2. The molecule has 0 atom stereocenters. The van der Waals surface area contributed by atoms with Crippen molar-refractivity contribution in [1.82, 2.24) is 9.78 Å². The molecule has 33 heavy (non-hydrogen) atoms. The van der Waals surface area contributed by atoms with Crippen LogP contribution < -0.4 is 14.8 Å². The van der Waals surface area contributed by atoms with E-state index in [0.29, 0.717) is 40.0 Å². The van der Waals surface area contributed by atoms with Gasteiger partial charge in [-0.15, -0.1) is 0 Å². The van der Waals surface area contributed by atoms with E-state index in [1.54, 1.807) is 43.3 Å². The van der Waals surface area contributed by atoms with Gasteiger partial charge in [0.25, 0.3) is 5.91 Å². The number of amides is 1. The Kier molecular flexibility index (Phi) is 6.66. The Balaban J connectivity index is 1.70. The Hall–Kier alpha value is -3.77. The third-order valence-electron chi connectivity index (χ3n) is 5.29. The van der Waals surface area contributed by atoms with Gasteiger partial charge in [-0.05, 0) is 36.2 Å². The van der Waals surface area contributed by atoms with Crippen LogP contribution in [0.1, 0.15) is 21.5 Å². The third-order valence-corrected chi connectivity index (χ3v) is 5.54. The smallest absolute Gasteiger partial charge is 0.259 e. The summed E-state index contributed by atoms with van der Waals surface area (Å²) in [4.78, 5) is 13.4. The van der Waals surface area contributed by atoms with Crippen molar-refractivity contribution >= 4 is 23.2 Å². The summed E-state index contributed by atoms with van der Waals surface area (Å²) in [6.07, 6.45) is 1.77. The van der Waals surface area contributed by atoms with Crippen LogP contribution in [0.15, 0.2) is 72.9 Å². The average Bonchev–Trinajstić information content (AvgIpc) is 3.25. The van der Waals surface area contributed by atoms with Crippen LogP contribution in [0.3, 0.4) is 0 Å². The van der Waals surface area contributed by atoms with E-state index in [4.69, 9.17) is 26.2 Å². The Morgan fingerprint density at radius 2 is 1.67 bits per heavy atom. The van der Waals surface area contributed by atoms with E-state index in [9.17, 15) is 4.79 Å². The summed E-state index contributed by atoms with van der Waals surface area (Å²) in [7, 11) is 3.14. The van der Waals surface area contributed by atoms with Crippen molar-refractivity contribution in [2.24, 2.45) is 0 Å². The van der Waals surface area contributed by atoms with Crippen LogP contribution in [0.4, 0.5) is 5.69 Å². The molecule has 0 aliphatic heterocycles. The fourth-order valence-corrected chi connectivity index (χ4v) is 3.69. The molecule has 168 valence electrons. The highest BCUT2D eigenvalue weighted by Crippen LogP contribution is 2.33. The zero-order chi connectivity index (χ0) is 23.4. The number of nitrogens with zero attached hydrogens (tertiary/aromatic N) is 2. The van der Waals surface area contributed by atoms with Crippen molar-refractivity contribution in [2.45, 2.75) is 13.5 Å². The Labute approximate surface area is 197 Å². The molecular formula is C26H24ClN3O3. The van der Waals surface area contributed by atoms with E-state index in [0.717, 1.165) is 16.7 Å². The van der Waals surface area contributed by atoms with E-state index in [1.165, 1.54) is 0 Å². The molecule has 1 amide bonds. The second kappa shape index (κ2) is 9.79. The maximum Gasteiger partial charge on any atom is 0.259 e. The van der Waals surface area contributed by atoms with E-state index < -0.39 is 0 Å². The molecule has 4 aromatic rings. The lowest BCUT2D eigenvalue weighted by molar-refractivity contribution is 0.102. The molecule has 1 aromatic heterocycles. The van der Waals surface area contributed by atoms with Crippen molar-refractivity contribution in [3.8, 4) is 22.8 Å². The molecular weight excluding hydrogens is 438 g/mol. The first kappa shape index (κ1) is 22.4. The zero-order valence-electron chi connectivity index (χ0n) is 18.6. The number of aromatic nitrogens is 2. The minimum Gasteiger partial charge on any atom is -0.493 e. The highest BCUT2D eigenvalue weighted by molar-refractivity contribution is 6.30. The normalized spacial score (nSPS) is 10.7. The van der Waals surface area contributed by atoms with Crippen LogP contribution in [-0.2, 0) is 6.54 Å². The molecule has 0 aliphatic rings. The molecule has 7 heteroatoms. The summed E-state index contributed by atoms with van der Waals surface area (Å²) < 4.78 is 12.5. The van der Waals surface area contributed by atoms with E-state index >= 15 is 0 Å². The molecule has 0 saturated carbocycles. The molecule has 1 heterocycles. The molecule has 0 bridgehead atoms. The van der Waals surface area contributed by atoms with Crippen LogP contribution in [0.25, 0.3) is 11.3 Å².